The fourth-order valence-electron chi connectivity index (χ4n) is 3.24. The number of aliphatic hydroxyl groups is 1. The average Bonchev–Trinajstić information content (AvgIpc) is 2.66. The average molecular weight is 211 g/mol. The first-order valence-electron chi connectivity index (χ1n) is 6.71. The zero-order chi connectivity index (χ0) is 10.7. The molecule has 2 aliphatic rings. The van der Waals surface area contributed by atoms with Crippen LogP contribution in [0.25, 0.3) is 0 Å². The van der Waals surface area contributed by atoms with Gasteiger partial charge in [-0.3, -0.25) is 0 Å². The monoisotopic (exact) mass is 211 g/mol. The molecule has 0 heterocycles. The van der Waals surface area contributed by atoms with Crippen LogP contribution >= 0.6 is 0 Å². The summed E-state index contributed by atoms with van der Waals surface area (Å²) in [5, 5.41) is 13.4. The molecule has 2 fully saturated rings. The van der Waals surface area contributed by atoms with Gasteiger partial charge >= 0.3 is 0 Å². The highest BCUT2D eigenvalue weighted by molar-refractivity contribution is 4.87. The number of hydrogen-bond acceptors (Lipinski definition) is 2. The van der Waals surface area contributed by atoms with Gasteiger partial charge in [-0.1, -0.05) is 19.3 Å². The topological polar surface area (TPSA) is 32.3 Å². The highest BCUT2D eigenvalue weighted by Gasteiger charge is 2.28. The first kappa shape index (κ1) is 11.4. The first-order valence-corrected chi connectivity index (χ1v) is 6.71. The van der Waals surface area contributed by atoms with E-state index < -0.39 is 0 Å². The summed E-state index contributed by atoms with van der Waals surface area (Å²) in [5.41, 5.74) is 0. The van der Waals surface area contributed by atoms with Crippen LogP contribution in [0, 0.1) is 5.92 Å². The molecule has 0 saturated heterocycles. The molecule has 2 nitrogen and oxygen atoms in total. The van der Waals surface area contributed by atoms with Gasteiger partial charge in [0.05, 0.1) is 6.10 Å². The minimum absolute atomic E-state index is 0.0870. The summed E-state index contributed by atoms with van der Waals surface area (Å²) in [7, 11) is 0. The molecule has 0 bridgehead atoms. The van der Waals surface area contributed by atoms with Crippen molar-refractivity contribution in [2.45, 2.75) is 76.5 Å². The molecule has 0 unspecified atom stereocenters. The van der Waals surface area contributed by atoms with Crippen LogP contribution in [0.2, 0.25) is 0 Å². The smallest absolute Gasteiger partial charge is 0.0693 e. The van der Waals surface area contributed by atoms with Crippen LogP contribution in [0.4, 0.5) is 0 Å². The van der Waals surface area contributed by atoms with Gasteiger partial charge in [0.25, 0.3) is 0 Å². The lowest BCUT2D eigenvalue weighted by Crippen LogP contribution is -2.45. The molecule has 2 heteroatoms. The van der Waals surface area contributed by atoms with Crippen molar-refractivity contribution in [2.24, 2.45) is 5.92 Å². The number of nitrogens with one attached hydrogen (secondary N) is 1. The Morgan fingerprint density at radius 3 is 2.33 bits per heavy atom. The van der Waals surface area contributed by atoms with Crippen LogP contribution in [0.1, 0.15) is 58.3 Å². The predicted molar refractivity (Wildman–Crippen MR) is 62.8 cm³/mol. The fraction of sp³-hybridized carbons (Fsp3) is 1.00. The van der Waals surface area contributed by atoms with E-state index in [0.717, 1.165) is 18.8 Å². The zero-order valence-corrected chi connectivity index (χ0v) is 9.91. The first-order chi connectivity index (χ1) is 7.27. The molecular formula is C13H25NO. The van der Waals surface area contributed by atoms with Crippen molar-refractivity contribution in [2.75, 3.05) is 0 Å². The third-order valence-corrected chi connectivity index (χ3v) is 4.31. The molecule has 0 aromatic rings. The number of hydrogen-bond donors (Lipinski definition) is 2. The van der Waals surface area contributed by atoms with Gasteiger partial charge in [-0.05, 0) is 44.9 Å². The molecule has 0 spiro atoms. The summed E-state index contributed by atoms with van der Waals surface area (Å²) in [6, 6.07) is 0.977. The van der Waals surface area contributed by atoms with Gasteiger partial charge in [-0.15, -0.1) is 0 Å². The van der Waals surface area contributed by atoms with Crippen molar-refractivity contribution >= 4 is 0 Å². The Kier molecular flexibility index (Phi) is 4.04. The minimum atomic E-state index is -0.0870. The second-order valence-corrected chi connectivity index (χ2v) is 5.46. The largest absolute Gasteiger partial charge is 0.392 e. The molecule has 2 saturated carbocycles. The molecule has 2 aliphatic carbocycles. The summed E-state index contributed by atoms with van der Waals surface area (Å²) in [5.74, 6) is 0.853. The lowest BCUT2D eigenvalue weighted by Gasteiger charge is -2.31. The third kappa shape index (κ3) is 2.94. The molecule has 0 aliphatic heterocycles. The van der Waals surface area contributed by atoms with Crippen molar-refractivity contribution < 1.29 is 5.11 Å². The van der Waals surface area contributed by atoms with Crippen LogP contribution in [0.3, 0.4) is 0 Å². The van der Waals surface area contributed by atoms with Gasteiger partial charge in [0.1, 0.15) is 0 Å². The standard InChI is InChI=1S/C13H25NO/c1-10(11-6-3-2-4-7-11)14-12-8-5-9-13(12)15/h10-15H,2-9H2,1H3/t10-,12+,13+/m1/s1. The Labute approximate surface area is 93.5 Å². The molecule has 15 heavy (non-hydrogen) atoms. The maximum absolute atomic E-state index is 9.77. The second kappa shape index (κ2) is 5.31. The Bertz CT molecular complexity index is 189. The van der Waals surface area contributed by atoms with Crippen molar-refractivity contribution in [1.29, 1.82) is 0 Å². The predicted octanol–water partition coefficient (Wildman–Crippen LogP) is 2.46. The van der Waals surface area contributed by atoms with Crippen LogP contribution in [0.5, 0.6) is 0 Å². The summed E-state index contributed by atoms with van der Waals surface area (Å²) in [6.07, 6.45) is 10.3. The van der Waals surface area contributed by atoms with Crippen molar-refractivity contribution in [3.8, 4) is 0 Å². The van der Waals surface area contributed by atoms with Crippen molar-refractivity contribution in [3.63, 3.8) is 0 Å². The Morgan fingerprint density at radius 2 is 1.73 bits per heavy atom. The lowest BCUT2D eigenvalue weighted by molar-refractivity contribution is 0.133. The van der Waals surface area contributed by atoms with Crippen molar-refractivity contribution in [1.82, 2.24) is 5.32 Å². The van der Waals surface area contributed by atoms with E-state index in [0.29, 0.717) is 12.1 Å². The quantitative estimate of drug-likeness (QED) is 0.751. The van der Waals surface area contributed by atoms with Crippen LogP contribution < -0.4 is 5.32 Å². The SMILES string of the molecule is C[C@@H](N[C@H]1CCC[C@@H]1O)C1CCCCC1. The normalized spacial score (nSPS) is 35.6. The molecule has 0 aromatic heterocycles. The fourth-order valence-corrected chi connectivity index (χ4v) is 3.24. The maximum atomic E-state index is 9.77. The second-order valence-electron chi connectivity index (χ2n) is 5.46. The molecule has 2 N–H and O–H groups in total. The summed E-state index contributed by atoms with van der Waals surface area (Å²) in [4.78, 5) is 0. The van der Waals surface area contributed by atoms with Gasteiger partial charge in [-0.2, -0.15) is 0 Å². The molecule has 0 aromatic carbocycles. The molecule has 2 rings (SSSR count). The third-order valence-electron chi connectivity index (χ3n) is 4.31. The van der Waals surface area contributed by atoms with E-state index in [1.54, 1.807) is 0 Å². The van der Waals surface area contributed by atoms with Crippen molar-refractivity contribution in [3.05, 3.63) is 0 Å². The summed E-state index contributed by atoms with van der Waals surface area (Å²) < 4.78 is 0. The Hall–Kier alpha value is -0.0800. The summed E-state index contributed by atoms with van der Waals surface area (Å²) >= 11 is 0. The van der Waals surface area contributed by atoms with E-state index in [2.05, 4.69) is 12.2 Å². The zero-order valence-electron chi connectivity index (χ0n) is 9.91. The molecule has 3 atom stereocenters. The van der Waals surface area contributed by atoms with Gasteiger partial charge < -0.3 is 10.4 Å². The van der Waals surface area contributed by atoms with E-state index >= 15 is 0 Å². The molecule has 88 valence electrons. The summed E-state index contributed by atoms with van der Waals surface area (Å²) in [6.45, 7) is 2.31. The Morgan fingerprint density at radius 1 is 1.00 bits per heavy atom. The van der Waals surface area contributed by atoms with Gasteiger partial charge in [-0.25, -0.2) is 0 Å². The van der Waals surface area contributed by atoms with Crippen LogP contribution in [0.15, 0.2) is 0 Å². The minimum Gasteiger partial charge on any atom is -0.392 e. The van der Waals surface area contributed by atoms with E-state index in [-0.39, 0.29) is 6.10 Å². The van der Waals surface area contributed by atoms with Gasteiger partial charge in [0, 0.05) is 12.1 Å². The lowest BCUT2D eigenvalue weighted by atomic mass is 9.84. The van der Waals surface area contributed by atoms with E-state index in [1.165, 1.54) is 38.5 Å². The molecule has 0 amide bonds. The Balaban J connectivity index is 1.77. The van der Waals surface area contributed by atoms with E-state index in [9.17, 15) is 5.11 Å². The number of aliphatic hydroxyl groups excluding tert-OH is 1. The van der Waals surface area contributed by atoms with E-state index in [4.69, 9.17) is 0 Å². The van der Waals surface area contributed by atoms with E-state index in [1.807, 2.05) is 0 Å². The van der Waals surface area contributed by atoms with Crippen LogP contribution in [-0.4, -0.2) is 23.3 Å². The highest BCUT2D eigenvalue weighted by Crippen LogP contribution is 2.28. The van der Waals surface area contributed by atoms with Gasteiger partial charge in [0.2, 0.25) is 0 Å². The van der Waals surface area contributed by atoms with Gasteiger partial charge in [0.15, 0.2) is 0 Å². The molecular weight excluding hydrogens is 186 g/mol. The highest BCUT2D eigenvalue weighted by atomic mass is 16.3. The number of rotatable bonds is 3. The maximum Gasteiger partial charge on any atom is 0.0693 e. The molecule has 0 radical (unpaired) electrons. The van der Waals surface area contributed by atoms with Crippen LogP contribution in [-0.2, 0) is 0 Å².